The first-order valence-electron chi connectivity index (χ1n) is 0.612. The quantitative estimate of drug-likeness (QED) is 0.328. The van der Waals surface area contributed by atoms with Crippen LogP contribution in [0.3, 0.4) is 0 Å². The topological polar surface area (TPSA) is 63.2 Å². The van der Waals surface area contributed by atoms with Crippen LogP contribution in [0.4, 0.5) is 4.79 Å². The molecular weight excluding hydrogens is 288 g/mol. The van der Waals surface area contributed by atoms with Gasteiger partial charge in [-0.25, -0.2) is 0 Å². The minimum absolute atomic E-state index is 0. The molecule has 0 spiro atoms. The standard InChI is InChI=1S/CH2O3.HI.2K.Na/c2-1(3)4;;;;/h(H2,2,3,4);1H;;;/q;;3*+1/p-3. The molecule has 3 nitrogen and oxygen atoms in total. The third-order valence-corrected chi connectivity index (χ3v) is 0. The fraction of sp³-hybridized carbons (Fsp3) is 0. The van der Waals surface area contributed by atoms with Gasteiger partial charge in [0, 0.05) is 0 Å². The van der Waals surface area contributed by atoms with Gasteiger partial charge in [0.15, 0.2) is 0 Å². The van der Waals surface area contributed by atoms with Crippen molar-refractivity contribution in [3.05, 3.63) is 0 Å². The normalized spacial score (nSPS) is 3.00. The number of hydrogen-bond donors (Lipinski definition) is 0. The van der Waals surface area contributed by atoms with Crippen LogP contribution >= 0.6 is 0 Å². The largest absolute Gasteiger partial charge is 1.00 e. The SMILES string of the molecule is O=C([O-])[O-].[I-].[K+].[K+].[Na+]. The zero-order valence-electron chi connectivity index (χ0n) is 5.10. The van der Waals surface area contributed by atoms with Crippen molar-refractivity contribution < 1.29 is 171 Å². The maximum absolute atomic E-state index is 8.33. The van der Waals surface area contributed by atoms with Crippen LogP contribution in [0, 0.1) is 0 Å². The molecule has 8 heavy (non-hydrogen) atoms. The molecule has 0 aliphatic rings. The molecule has 0 aromatic heterocycles. The van der Waals surface area contributed by atoms with E-state index in [4.69, 9.17) is 15.0 Å². The fourth-order valence-electron chi connectivity index (χ4n) is 0. The zero-order valence-corrected chi connectivity index (χ0v) is 15.5. The predicted molar refractivity (Wildman–Crippen MR) is 5.40 cm³/mol. The van der Waals surface area contributed by atoms with E-state index < -0.39 is 6.16 Å². The summed E-state index contributed by atoms with van der Waals surface area (Å²) in [5.74, 6) is 0. The molecule has 0 aromatic carbocycles. The van der Waals surface area contributed by atoms with Crippen molar-refractivity contribution in [1.82, 2.24) is 0 Å². The average molecular weight is 288 g/mol. The van der Waals surface area contributed by atoms with Gasteiger partial charge in [0.05, 0.1) is 0 Å². The summed E-state index contributed by atoms with van der Waals surface area (Å²) in [5.41, 5.74) is 0. The Balaban J connectivity index is -0.00000000750. The van der Waals surface area contributed by atoms with E-state index in [0.717, 1.165) is 0 Å². The van der Waals surface area contributed by atoms with Crippen LogP contribution in [0.5, 0.6) is 0 Å². The molecule has 0 aliphatic heterocycles. The first-order chi connectivity index (χ1) is 1.73. The molecule has 32 valence electrons. The first kappa shape index (κ1) is 29.5. The Morgan fingerprint density at radius 3 is 1.12 bits per heavy atom. The van der Waals surface area contributed by atoms with E-state index in [1.807, 2.05) is 0 Å². The van der Waals surface area contributed by atoms with Crippen molar-refractivity contribution in [3.63, 3.8) is 0 Å². The number of rotatable bonds is 0. The van der Waals surface area contributed by atoms with Crippen LogP contribution in [0.25, 0.3) is 0 Å². The Kier molecular flexibility index (Phi) is 82.9. The first-order valence-corrected chi connectivity index (χ1v) is 0.612. The predicted octanol–water partition coefficient (Wildman–Crippen LogP) is -14.4. The van der Waals surface area contributed by atoms with Crippen molar-refractivity contribution >= 4 is 6.16 Å². The molecule has 0 N–H and O–H groups in total. The van der Waals surface area contributed by atoms with Gasteiger partial charge in [-0.05, 0) is 6.16 Å². The molecule has 7 heteroatoms. The smallest absolute Gasteiger partial charge is 1.00 e. The Bertz CT molecular complexity index is 40.3. The number of carbonyl (C=O) groups is 1. The number of hydrogen-bond acceptors (Lipinski definition) is 3. The number of carbonyl (C=O) groups excluding carboxylic acids is 1. The molecule has 0 bridgehead atoms. The van der Waals surface area contributed by atoms with Gasteiger partial charge in [0.1, 0.15) is 0 Å². The van der Waals surface area contributed by atoms with Gasteiger partial charge in [-0.15, -0.1) is 0 Å². The molecular formula is CIK2NaO3. The Morgan fingerprint density at radius 2 is 1.12 bits per heavy atom. The van der Waals surface area contributed by atoms with Gasteiger partial charge < -0.3 is 39.0 Å². The Hall–Kier alpha value is 4.27. The summed E-state index contributed by atoms with van der Waals surface area (Å²) in [7, 11) is 0. The number of carboxylic acid groups (broad SMARTS) is 2. The van der Waals surface area contributed by atoms with Crippen molar-refractivity contribution in [2.24, 2.45) is 0 Å². The van der Waals surface area contributed by atoms with Gasteiger partial charge in [0.2, 0.25) is 0 Å². The van der Waals surface area contributed by atoms with Crippen LogP contribution in [0.15, 0.2) is 0 Å². The third-order valence-electron chi connectivity index (χ3n) is 0. The summed E-state index contributed by atoms with van der Waals surface area (Å²) >= 11 is 0. The molecule has 0 atom stereocenters. The van der Waals surface area contributed by atoms with Crippen molar-refractivity contribution in [2.45, 2.75) is 0 Å². The van der Waals surface area contributed by atoms with Crippen molar-refractivity contribution in [2.75, 3.05) is 0 Å². The zero-order chi connectivity index (χ0) is 3.58. The molecule has 0 unspecified atom stereocenters. The van der Waals surface area contributed by atoms with Gasteiger partial charge in [0.25, 0.3) is 0 Å². The maximum Gasteiger partial charge on any atom is 1.00 e. The minimum Gasteiger partial charge on any atom is -1.00 e. The summed E-state index contributed by atoms with van der Waals surface area (Å²) in [5, 5.41) is 16.7. The van der Waals surface area contributed by atoms with Crippen LogP contribution in [-0.4, -0.2) is 6.16 Å². The molecule has 0 aromatic rings. The van der Waals surface area contributed by atoms with Crippen molar-refractivity contribution in [1.29, 1.82) is 0 Å². The van der Waals surface area contributed by atoms with E-state index in [0.29, 0.717) is 0 Å². The van der Waals surface area contributed by atoms with Gasteiger partial charge in [-0.2, -0.15) is 0 Å². The molecule has 0 saturated heterocycles. The summed E-state index contributed by atoms with van der Waals surface area (Å²) in [6.07, 6.45) is -2.33. The van der Waals surface area contributed by atoms with E-state index in [-0.39, 0.29) is 156 Å². The average Bonchev–Trinajstić information content (AvgIpc) is 0.811. The fourth-order valence-corrected chi connectivity index (χ4v) is 0. The van der Waals surface area contributed by atoms with E-state index in [1.165, 1.54) is 0 Å². The summed E-state index contributed by atoms with van der Waals surface area (Å²) in [6, 6.07) is 0. The molecule has 0 radical (unpaired) electrons. The Morgan fingerprint density at radius 1 is 1.12 bits per heavy atom. The molecule has 0 fully saturated rings. The molecule has 0 saturated carbocycles. The van der Waals surface area contributed by atoms with Gasteiger partial charge in [-0.3, -0.25) is 0 Å². The van der Waals surface area contributed by atoms with E-state index in [2.05, 4.69) is 0 Å². The second-order valence-corrected chi connectivity index (χ2v) is 0.250. The minimum atomic E-state index is -2.33. The molecule has 0 heterocycles. The van der Waals surface area contributed by atoms with E-state index in [1.54, 1.807) is 0 Å². The molecule has 0 amide bonds. The van der Waals surface area contributed by atoms with Crippen LogP contribution < -0.4 is 167 Å². The van der Waals surface area contributed by atoms with Gasteiger partial charge >= 0.3 is 132 Å². The summed E-state index contributed by atoms with van der Waals surface area (Å²) < 4.78 is 0. The monoisotopic (exact) mass is 288 g/mol. The maximum atomic E-state index is 8.33. The second kappa shape index (κ2) is 22.5. The molecule has 0 aliphatic carbocycles. The Labute approximate surface area is 172 Å². The van der Waals surface area contributed by atoms with Crippen molar-refractivity contribution in [3.8, 4) is 0 Å². The second-order valence-electron chi connectivity index (χ2n) is 0.250. The van der Waals surface area contributed by atoms with Crippen LogP contribution in [0.2, 0.25) is 0 Å². The van der Waals surface area contributed by atoms with Crippen LogP contribution in [0.1, 0.15) is 0 Å². The number of halogens is 1. The van der Waals surface area contributed by atoms with Crippen LogP contribution in [-0.2, 0) is 0 Å². The van der Waals surface area contributed by atoms with Gasteiger partial charge in [-0.1, -0.05) is 0 Å². The molecule has 0 rings (SSSR count). The summed E-state index contributed by atoms with van der Waals surface area (Å²) in [4.78, 5) is 8.33. The summed E-state index contributed by atoms with van der Waals surface area (Å²) in [6.45, 7) is 0. The third kappa shape index (κ3) is 48.4. The van der Waals surface area contributed by atoms with E-state index in [9.17, 15) is 0 Å². The van der Waals surface area contributed by atoms with E-state index >= 15 is 0 Å².